The number of imidazole rings is 1. The number of rotatable bonds is 15. The molecule has 0 spiro atoms. The van der Waals surface area contributed by atoms with Crippen LogP contribution >= 0.6 is 0 Å². The summed E-state index contributed by atoms with van der Waals surface area (Å²) >= 11 is 0. The lowest BCUT2D eigenvalue weighted by Gasteiger charge is -2.41. The Morgan fingerprint density at radius 3 is 1.88 bits per heavy atom. The number of fused-ring (bicyclic) bond motifs is 1. The highest BCUT2D eigenvalue weighted by Gasteiger charge is 2.42. The first-order valence-electron chi connectivity index (χ1n) is 19.0. The van der Waals surface area contributed by atoms with Gasteiger partial charge in [0.15, 0.2) is 0 Å². The molecule has 4 aromatic carbocycles. The minimum atomic E-state index is -1.33. The molecule has 11 heteroatoms. The van der Waals surface area contributed by atoms with Gasteiger partial charge in [0.1, 0.15) is 17.6 Å². The van der Waals surface area contributed by atoms with Crippen LogP contribution in [0, 0.1) is 5.41 Å². The molecule has 3 amide bonds. The molecule has 0 fully saturated rings. The van der Waals surface area contributed by atoms with Crippen LogP contribution in [0.5, 0.6) is 0 Å². The maximum Gasteiger partial charge on any atom is 0.326 e. The second kappa shape index (κ2) is 17.2. The summed E-state index contributed by atoms with van der Waals surface area (Å²) in [6.07, 6.45) is 4.33. The van der Waals surface area contributed by atoms with Gasteiger partial charge in [-0.25, -0.2) is 9.78 Å². The fraction of sp³-hybridized carbons (Fsp3) is 0.311. The van der Waals surface area contributed by atoms with Crippen molar-refractivity contribution in [3.05, 3.63) is 161 Å². The summed E-state index contributed by atoms with van der Waals surface area (Å²) in [6, 6.07) is 35.8. The fourth-order valence-electron chi connectivity index (χ4n) is 7.74. The molecule has 290 valence electrons. The van der Waals surface area contributed by atoms with Crippen LogP contribution in [-0.4, -0.2) is 67.9 Å². The van der Waals surface area contributed by atoms with E-state index in [-0.39, 0.29) is 31.7 Å². The van der Waals surface area contributed by atoms with Crippen LogP contribution in [0.25, 0.3) is 0 Å². The van der Waals surface area contributed by atoms with E-state index in [0.717, 1.165) is 33.5 Å². The summed E-state index contributed by atoms with van der Waals surface area (Å²) in [6.45, 7) is 6.54. The number of benzene rings is 4. The van der Waals surface area contributed by atoms with Crippen LogP contribution in [0.2, 0.25) is 0 Å². The summed E-state index contributed by atoms with van der Waals surface area (Å²) < 4.78 is 2.16. The van der Waals surface area contributed by atoms with E-state index in [0.29, 0.717) is 13.0 Å². The lowest BCUT2D eigenvalue weighted by Crippen LogP contribution is -2.61. The molecule has 0 aliphatic carbocycles. The molecule has 1 aliphatic rings. The number of primary amides is 1. The van der Waals surface area contributed by atoms with Gasteiger partial charge in [-0.2, -0.15) is 0 Å². The van der Waals surface area contributed by atoms with Crippen molar-refractivity contribution in [2.75, 3.05) is 6.54 Å². The van der Waals surface area contributed by atoms with Crippen molar-refractivity contribution in [2.45, 2.75) is 76.7 Å². The minimum Gasteiger partial charge on any atom is -0.480 e. The quantitative estimate of drug-likeness (QED) is 0.109. The third-order valence-electron chi connectivity index (χ3n) is 10.6. The number of carbonyl (C=O) groups is 4. The van der Waals surface area contributed by atoms with Crippen molar-refractivity contribution in [1.29, 1.82) is 0 Å². The van der Waals surface area contributed by atoms with Crippen molar-refractivity contribution in [3.8, 4) is 0 Å². The summed E-state index contributed by atoms with van der Waals surface area (Å²) in [5, 5.41) is 15.9. The van der Waals surface area contributed by atoms with E-state index in [1.807, 2.05) is 106 Å². The van der Waals surface area contributed by atoms with Gasteiger partial charge in [0.05, 0.1) is 18.1 Å². The Hall–Kier alpha value is -6.07. The second-order valence-corrected chi connectivity index (χ2v) is 15.4. The molecule has 5 aromatic rings. The zero-order chi connectivity index (χ0) is 39.9. The molecule has 1 aliphatic heterocycles. The standard InChI is InChI=1S/C45H50N6O5/c1-44(2,3)40(42(54)51-28-32-16-14-13-15-31(32)27-38(51)41(53)49-37(43(55)56)23-24-39(46)52)47-26-25-36-29-50(30-48-36)45(33-17-7-4-8-18-33,34-19-9-5-10-20-34)35-21-11-6-12-22-35/h4-22,29-30,37-38,40,47H,23-28H2,1-3H3,(H2,46,52)(H,49,53)(H,55,56)/t37-,38-,40+/m0/s1. The number of aromatic nitrogens is 2. The molecule has 0 saturated carbocycles. The van der Waals surface area contributed by atoms with Gasteiger partial charge in [0.2, 0.25) is 17.7 Å². The van der Waals surface area contributed by atoms with E-state index < -0.39 is 46.9 Å². The third kappa shape index (κ3) is 8.58. The predicted molar refractivity (Wildman–Crippen MR) is 214 cm³/mol. The average Bonchev–Trinajstić information content (AvgIpc) is 3.67. The number of amides is 3. The lowest BCUT2D eigenvalue weighted by molar-refractivity contribution is -0.147. The minimum absolute atomic E-state index is 0.154. The van der Waals surface area contributed by atoms with Crippen LogP contribution in [0.15, 0.2) is 128 Å². The van der Waals surface area contributed by atoms with Crippen molar-refractivity contribution < 1.29 is 24.3 Å². The molecular formula is C45H50N6O5. The summed E-state index contributed by atoms with van der Waals surface area (Å²) in [5.74, 6) is -2.80. The molecule has 0 radical (unpaired) electrons. The molecule has 5 N–H and O–H groups in total. The second-order valence-electron chi connectivity index (χ2n) is 15.4. The average molecular weight is 755 g/mol. The topological polar surface area (TPSA) is 160 Å². The number of aliphatic carboxylic acids is 1. The van der Waals surface area contributed by atoms with E-state index in [1.165, 1.54) is 0 Å². The number of nitrogens with zero attached hydrogens (tertiary/aromatic N) is 3. The summed E-state index contributed by atoms with van der Waals surface area (Å²) in [7, 11) is 0. The number of hydrogen-bond acceptors (Lipinski definition) is 6. The van der Waals surface area contributed by atoms with E-state index in [2.05, 4.69) is 57.8 Å². The van der Waals surface area contributed by atoms with Crippen molar-refractivity contribution in [1.82, 2.24) is 25.1 Å². The van der Waals surface area contributed by atoms with Crippen molar-refractivity contribution in [2.24, 2.45) is 11.1 Å². The van der Waals surface area contributed by atoms with Gasteiger partial charge in [-0.05, 0) is 39.7 Å². The number of carboxylic acid groups (broad SMARTS) is 1. The van der Waals surface area contributed by atoms with E-state index in [9.17, 15) is 24.3 Å². The van der Waals surface area contributed by atoms with Gasteiger partial charge < -0.3 is 30.9 Å². The zero-order valence-corrected chi connectivity index (χ0v) is 32.1. The normalized spacial score (nSPS) is 15.3. The number of nitrogens with two attached hydrogens (primary N) is 1. The van der Waals surface area contributed by atoms with Crippen LogP contribution in [0.3, 0.4) is 0 Å². The van der Waals surface area contributed by atoms with Gasteiger partial charge in [-0.1, -0.05) is 136 Å². The molecule has 0 bridgehead atoms. The van der Waals surface area contributed by atoms with Gasteiger partial charge in [0, 0.05) is 38.5 Å². The summed E-state index contributed by atoms with van der Waals surface area (Å²) in [5.41, 5.74) is 9.93. The number of carbonyl (C=O) groups excluding carboxylic acids is 3. The van der Waals surface area contributed by atoms with Gasteiger partial charge in [-0.3, -0.25) is 14.4 Å². The Labute approximate surface area is 328 Å². The van der Waals surface area contributed by atoms with Crippen molar-refractivity contribution in [3.63, 3.8) is 0 Å². The Bertz CT molecular complexity index is 2030. The predicted octanol–water partition coefficient (Wildman–Crippen LogP) is 5.06. The SMILES string of the molecule is CC(C)(C)[C@H](NCCc1cn(C(c2ccccc2)(c2ccccc2)c2ccccc2)cn1)C(=O)N1Cc2ccccc2C[C@H]1C(=O)N[C@@H](CCC(N)=O)C(=O)O. The molecule has 1 aromatic heterocycles. The molecule has 6 rings (SSSR count). The largest absolute Gasteiger partial charge is 0.480 e. The summed E-state index contributed by atoms with van der Waals surface area (Å²) in [4.78, 5) is 58.3. The van der Waals surface area contributed by atoms with E-state index in [1.54, 1.807) is 4.90 Å². The first-order chi connectivity index (χ1) is 26.9. The monoisotopic (exact) mass is 754 g/mol. The van der Waals surface area contributed by atoms with Crippen LogP contribution < -0.4 is 16.4 Å². The highest BCUT2D eigenvalue weighted by Crippen LogP contribution is 2.41. The molecule has 11 nitrogen and oxygen atoms in total. The lowest BCUT2D eigenvalue weighted by atomic mass is 9.77. The molecule has 0 unspecified atom stereocenters. The van der Waals surface area contributed by atoms with Crippen LogP contribution in [-0.2, 0) is 44.1 Å². The Morgan fingerprint density at radius 1 is 0.821 bits per heavy atom. The third-order valence-corrected chi connectivity index (χ3v) is 10.6. The fourth-order valence-corrected chi connectivity index (χ4v) is 7.74. The van der Waals surface area contributed by atoms with E-state index >= 15 is 0 Å². The maximum atomic E-state index is 14.6. The molecule has 0 saturated heterocycles. The first-order valence-corrected chi connectivity index (χ1v) is 19.0. The highest BCUT2D eigenvalue weighted by atomic mass is 16.4. The first kappa shape index (κ1) is 39.6. The molecule has 2 heterocycles. The zero-order valence-electron chi connectivity index (χ0n) is 32.1. The Kier molecular flexibility index (Phi) is 12.1. The van der Waals surface area contributed by atoms with Crippen molar-refractivity contribution >= 4 is 23.7 Å². The van der Waals surface area contributed by atoms with E-state index in [4.69, 9.17) is 10.7 Å². The van der Waals surface area contributed by atoms with Crippen LogP contribution in [0.1, 0.15) is 67.1 Å². The molecule has 3 atom stereocenters. The number of hydrogen-bond donors (Lipinski definition) is 4. The Balaban J connectivity index is 1.25. The Morgan fingerprint density at radius 2 is 1.36 bits per heavy atom. The number of nitrogens with one attached hydrogen (secondary N) is 2. The van der Waals surface area contributed by atoms with Gasteiger partial charge in [0.25, 0.3) is 0 Å². The smallest absolute Gasteiger partial charge is 0.326 e. The molecule has 56 heavy (non-hydrogen) atoms. The number of carboxylic acids is 1. The highest BCUT2D eigenvalue weighted by molar-refractivity contribution is 5.93. The maximum absolute atomic E-state index is 14.6. The van der Waals surface area contributed by atoms with Gasteiger partial charge >= 0.3 is 5.97 Å². The molecular weight excluding hydrogens is 705 g/mol. The van der Waals surface area contributed by atoms with Gasteiger partial charge in [-0.15, -0.1) is 0 Å². The van der Waals surface area contributed by atoms with Crippen LogP contribution in [0.4, 0.5) is 0 Å².